The number of anilines is 2. The molecular weight excluding hydrogens is 428 g/mol. The van der Waals surface area contributed by atoms with Crippen LogP contribution in [0.1, 0.15) is 27.8 Å². The number of H-pyrrole nitrogens is 1. The van der Waals surface area contributed by atoms with Crippen molar-refractivity contribution >= 4 is 34.7 Å². The van der Waals surface area contributed by atoms with E-state index in [1.165, 1.54) is 18.5 Å². The molecule has 166 valence electrons. The Kier molecular flexibility index (Phi) is 5.89. The number of hydrogen-bond donors (Lipinski definition) is 5. The second-order valence-corrected chi connectivity index (χ2v) is 6.91. The number of carboxylic acid groups (broad SMARTS) is 1. The lowest BCUT2D eigenvalue weighted by Crippen LogP contribution is -2.34. The van der Waals surface area contributed by atoms with Crippen LogP contribution in [0.3, 0.4) is 0 Å². The fourth-order valence-corrected chi connectivity index (χ4v) is 3.01. The lowest BCUT2D eigenvalue weighted by Gasteiger charge is -2.14. The SMILES string of the molecule is Nc1nc2ncc(CNc3ccc(C(=O)NC(C(=O)O)c4ccccn4)cc3)nc2c(=O)[nH]1. The van der Waals surface area contributed by atoms with Crippen molar-refractivity contribution < 1.29 is 14.7 Å². The molecule has 4 aromatic rings. The Bertz CT molecular complexity index is 1370. The Morgan fingerprint density at radius 3 is 2.58 bits per heavy atom. The van der Waals surface area contributed by atoms with Crippen molar-refractivity contribution in [1.82, 2.24) is 30.2 Å². The number of carbonyl (C=O) groups excluding carboxylic acids is 1. The number of pyridine rings is 1. The zero-order valence-corrected chi connectivity index (χ0v) is 17.0. The van der Waals surface area contributed by atoms with Gasteiger partial charge in [0, 0.05) is 17.4 Å². The third-order valence-electron chi connectivity index (χ3n) is 4.61. The van der Waals surface area contributed by atoms with Crippen molar-refractivity contribution in [3.63, 3.8) is 0 Å². The van der Waals surface area contributed by atoms with Crippen molar-refractivity contribution in [3.8, 4) is 0 Å². The average Bonchev–Trinajstić information content (AvgIpc) is 2.82. The van der Waals surface area contributed by atoms with E-state index in [1.807, 2.05) is 0 Å². The predicted molar refractivity (Wildman–Crippen MR) is 118 cm³/mol. The molecule has 1 atom stereocenters. The van der Waals surface area contributed by atoms with E-state index >= 15 is 0 Å². The number of nitrogens with two attached hydrogens (primary N) is 1. The summed E-state index contributed by atoms with van der Waals surface area (Å²) in [7, 11) is 0. The summed E-state index contributed by atoms with van der Waals surface area (Å²) in [6.07, 6.45) is 2.94. The van der Waals surface area contributed by atoms with Gasteiger partial charge >= 0.3 is 5.97 Å². The van der Waals surface area contributed by atoms with Gasteiger partial charge < -0.3 is 21.5 Å². The molecule has 0 aliphatic heterocycles. The van der Waals surface area contributed by atoms with Crippen LogP contribution >= 0.6 is 0 Å². The highest BCUT2D eigenvalue weighted by molar-refractivity contribution is 5.97. The summed E-state index contributed by atoms with van der Waals surface area (Å²) in [6.45, 7) is 0.263. The van der Waals surface area contributed by atoms with Crippen molar-refractivity contribution in [1.29, 1.82) is 0 Å². The Hall–Kier alpha value is -4.87. The number of carbonyl (C=O) groups is 2. The third kappa shape index (κ3) is 4.90. The number of nitrogens with zero attached hydrogens (tertiary/aromatic N) is 4. The van der Waals surface area contributed by atoms with E-state index in [-0.39, 0.29) is 34.9 Å². The lowest BCUT2D eigenvalue weighted by molar-refractivity contribution is -0.139. The van der Waals surface area contributed by atoms with E-state index < -0.39 is 23.5 Å². The number of nitrogen functional groups attached to an aromatic ring is 1. The molecule has 4 rings (SSSR count). The van der Waals surface area contributed by atoms with Crippen LogP contribution in [0.4, 0.5) is 11.6 Å². The zero-order valence-electron chi connectivity index (χ0n) is 17.0. The van der Waals surface area contributed by atoms with Crippen LogP contribution in [0.5, 0.6) is 0 Å². The molecule has 0 saturated carbocycles. The van der Waals surface area contributed by atoms with Gasteiger partial charge in [0.2, 0.25) is 5.95 Å². The number of aromatic nitrogens is 5. The van der Waals surface area contributed by atoms with Crippen LogP contribution in [-0.4, -0.2) is 41.9 Å². The van der Waals surface area contributed by atoms with Gasteiger partial charge in [0.15, 0.2) is 17.2 Å². The Morgan fingerprint density at radius 1 is 1.09 bits per heavy atom. The minimum Gasteiger partial charge on any atom is -0.479 e. The average molecular weight is 446 g/mol. The van der Waals surface area contributed by atoms with E-state index in [1.54, 1.807) is 36.4 Å². The molecule has 1 aromatic carbocycles. The standard InChI is InChI=1S/C21H18N8O4/c22-21-28-17-16(19(31)29-21)26-13(10-25-17)9-24-12-6-4-11(5-7-12)18(30)27-15(20(32)33)14-3-1-2-8-23-14/h1-8,10,15,24H,9H2,(H,27,30)(H,32,33)(H3,22,25,28,29,31). The Balaban J connectivity index is 1.42. The molecule has 3 heterocycles. The van der Waals surface area contributed by atoms with Gasteiger partial charge in [-0.25, -0.2) is 14.8 Å². The topological polar surface area (TPSA) is 189 Å². The second-order valence-electron chi connectivity index (χ2n) is 6.91. The van der Waals surface area contributed by atoms with Gasteiger partial charge in [0.1, 0.15) is 0 Å². The molecule has 1 amide bonds. The first-order valence-electron chi connectivity index (χ1n) is 9.70. The maximum atomic E-state index is 12.5. The quantitative estimate of drug-likeness (QED) is 0.272. The van der Waals surface area contributed by atoms with Crippen molar-refractivity contribution in [2.24, 2.45) is 0 Å². The molecule has 0 spiro atoms. The number of aliphatic carboxylic acids is 1. The van der Waals surface area contributed by atoms with Crippen molar-refractivity contribution in [2.75, 3.05) is 11.1 Å². The maximum absolute atomic E-state index is 12.5. The monoisotopic (exact) mass is 446 g/mol. The predicted octanol–water partition coefficient (Wildman–Crippen LogP) is 0.858. The smallest absolute Gasteiger partial charge is 0.332 e. The molecule has 0 radical (unpaired) electrons. The summed E-state index contributed by atoms with van der Waals surface area (Å²) in [6, 6.07) is 10.00. The largest absolute Gasteiger partial charge is 0.479 e. The highest BCUT2D eigenvalue weighted by Crippen LogP contribution is 2.14. The van der Waals surface area contributed by atoms with E-state index in [0.29, 0.717) is 11.4 Å². The fourth-order valence-electron chi connectivity index (χ4n) is 3.01. The van der Waals surface area contributed by atoms with Gasteiger partial charge in [0.05, 0.1) is 24.1 Å². The summed E-state index contributed by atoms with van der Waals surface area (Å²) >= 11 is 0. The molecule has 6 N–H and O–H groups in total. The maximum Gasteiger partial charge on any atom is 0.332 e. The van der Waals surface area contributed by atoms with Crippen LogP contribution in [-0.2, 0) is 11.3 Å². The normalized spacial score (nSPS) is 11.6. The van der Waals surface area contributed by atoms with Gasteiger partial charge in [-0.3, -0.25) is 19.6 Å². The number of rotatable bonds is 7. The number of nitrogens with one attached hydrogen (secondary N) is 3. The van der Waals surface area contributed by atoms with Gasteiger partial charge in [-0.15, -0.1) is 0 Å². The highest BCUT2D eigenvalue weighted by Gasteiger charge is 2.23. The van der Waals surface area contributed by atoms with Crippen LogP contribution in [0, 0.1) is 0 Å². The number of amides is 1. The molecule has 0 bridgehead atoms. The summed E-state index contributed by atoms with van der Waals surface area (Å²) < 4.78 is 0. The Labute approximate surface area is 186 Å². The van der Waals surface area contributed by atoms with E-state index in [9.17, 15) is 19.5 Å². The summed E-state index contributed by atoms with van der Waals surface area (Å²) in [4.78, 5) is 54.7. The van der Waals surface area contributed by atoms with Crippen molar-refractivity contribution in [3.05, 3.63) is 82.2 Å². The molecule has 0 aliphatic rings. The van der Waals surface area contributed by atoms with Gasteiger partial charge in [-0.2, -0.15) is 4.98 Å². The zero-order chi connectivity index (χ0) is 23.4. The number of benzene rings is 1. The highest BCUT2D eigenvalue weighted by atomic mass is 16.4. The molecule has 0 fully saturated rings. The summed E-state index contributed by atoms with van der Waals surface area (Å²) in [5.41, 5.74) is 6.94. The fraction of sp³-hybridized carbons (Fsp3) is 0.0952. The molecule has 33 heavy (non-hydrogen) atoms. The van der Waals surface area contributed by atoms with Gasteiger partial charge in [-0.05, 0) is 36.4 Å². The van der Waals surface area contributed by atoms with Gasteiger partial charge in [-0.1, -0.05) is 6.07 Å². The number of fused-ring (bicyclic) bond motifs is 1. The molecule has 12 heteroatoms. The second kappa shape index (κ2) is 9.09. The van der Waals surface area contributed by atoms with Crippen LogP contribution in [0.25, 0.3) is 11.2 Å². The third-order valence-corrected chi connectivity index (χ3v) is 4.61. The number of carboxylic acids is 1. The molecular formula is C21H18N8O4. The number of hydrogen-bond acceptors (Lipinski definition) is 9. The lowest BCUT2D eigenvalue weighted by atomic mass is 10.1. The molecule has 1 unspecified atom stereocenters. The molecule has 0 aliphatic carbocycles. The minimum absolute atomic E-state index is 0.0356. The molecule has 12 nitrogen and oxygen atoms in total. The number of aromatic amines is 1. The first-order valence-corrected chi connectivity index (χ1v) is 9.70. The van der Waals surface area contributed by atoms with Crippen LogP contribution < -0.4 is 21.9 Å². The molecule has 3 aromatic heterocycles. The van der Waals surface area contributed by atoms with E-state index in [0.717, 1.165) is 0 Å². The van der Waals surface area contributed by atoms with Crippen LogP contribution in [0.15, 0.2) is 59.7 Å². The van der Waals surface area contributed by atoms with E-state index in [2.05, 4.69) is 35.6 Å². The van der Waals surface area contributed by atoms with Gasteiger partial charge in [0.25, 0.3) is 11.5 Å². The Morgan fingerprint density at radius 2 is 1.88 bits per heavy atom. The van der Waals surface area contributed by atoms with Crippen molar-refractivity contribution in [2.45, 2.75) is 12.6 Å². The van der Waals surface area contributed by atoms with Crippen LogP contribution in [0.2, 0.25) is 0 Å². The minimum atomic E-state index is -1.27. The van der Waals surface area contributed by atoms with E-state index in [4.69, 9.17) is 5.73 Å². The molecule has 0 saturated heterocycles. The summed E-state index contributed by atoms with van der Waals surface area (Å²) in [5.74, 6) is -1.80. The summed E-state index contributed by atoms with van der Waals surface area (Å²) in [5, 5.41) is 15.0. The first-order chi connectivity index (χ1) is 15.9. The first kappa shape index (κ1) is 21.4.